The zero-order valence-corrected chi connectivity index (χ0v) is 14.7. The van der Waals surface area contributed by atoms with Crippen molar-refractivity contribution in [3.05, 3.63) is 24.3 Å². The molecule has 132 valence electrons. The van der Waals surface area contributed by atoms with Crippen molar-refractivity contribution < 1.29 is 9.59 Å². The molecule has 0 saturated carbocycles. The van der Waals surface area contributed by atoms with Crippen LogP contribution in [0.4, 0.5) is 10.6 Å². The van der Waals surface area contributed by atoms with Gasteiger partial charge in [0.15, 0.2) is 0 Å². The second-order valence-electron chi connectivity index (χ2n) is 6.50. The number of aromatic nitrogens is 1. The molecule has 0 unspecified atom stereocenters. The first-order valence-electron chi connectivity index (χ1n) is 8.59. The van der Waals surface area contributed by atoms with Crippen molar-refractivity contribution in [3.63, 3.8) is 0 Å². The molecule has 0 bridgehead atoms. The number of anilines is 1. The highest BCUT2D eigenvalue weighted by Crippen LogP contribution is 2.30. The summed E-state index contributed by atoms with van der Waals surface area (Å²) in [4.78, 5) is 29.9. The van der Waals surface area contributed by atoms with Gasteiger partial charge < -0.3 is 20.4 Å². The van der Waals surface area contributed by atoms with Crippen molar-refractivity contribution >= 4 is 39.4 Å². The van der Waals surface area contributed by atoms with E-state index in [0.717, 1.165) is 25.3 Å². The van der Waals surface area contributed by atoms with Gasteiger partial charge in [-0.2, -0.15) is 4.37 Å². The Morgan fingerprint density at radius 2 is 1.88 bits per heavy atom. The molecule has 2 saturated heterocycles. The van der Waals surface area contributed by atoms with Gasteiger partial charge in [-0.25, -0.2) is 4.79 Å². The molecule has 2 aliphatic rings. The second kappa shape index (κ2) is 6.51. The molecule has 1 aromatic heterocycles. The van der Waals surface area contributed by atoms with Gasteiger partial charge >= 0.3 is 6.03 Å². The van der Waals surface area contributed by atoms with Crippen LogP contribution < -0.4 is 10.6 Å². The molecule has 25 heavy (non-hydrogen) atoms. The topological polar surface area (TPSA) is 82.8 Å². The van der Waals surface area contributed by atoms with E-state index < -0.39 is 6.03 Å². The summed E-state index contributed by atoms with van der Waals surface area (Å²) in [7, 11) is 0. The van der Waals surface area contributed by atoms with E-state index in [1.807, 2.05) is 17.0 Å². The van der Waals surface area contributed by atoms with Crippen LogP contribution in [0, 0.1) is 0 Å². The lowest BCUT2D eigenvalue weighted by molar-refractivity contribution is -0.135. The Hall–Kier alpha value is -2.35. The summed E-state index contributed by atoms with van der Waals surface area (Å²) in [6, 6.07) is 7.34. The maximum absolute atomic E-state index is 12.8. The molecule has 2 aromatic rings. The van der Waals surface area contributed by atoms with Gasteiger partial charge in [0.05, 0.1) is 4.70 Å². The number of nitrogens with zero attached hydrogens (tertiary/aromatic N) is 4. The summed E-state index contributed by atoms with van der Waals surface area (Å²) in [6.45, 7) is 3.38. The number of amides is 3. The van der Waals surface area contributed by atoms with Crippen LogP contribution in [0.3, 0.4) is 0 Å². The van der Waals surface area contributed by atoms with E-state index in [-0.39, 0.29) is 11.9 Å². The fraction of sp³-hybridized carbons (Fsp3) is 0.471. The molecule has 8 heteroatoms. The Morgan fingerprint density at radius 1 is 1.12 bits per heavy atom. The predicted molar refractivity (Wildman–Crippen MR) is 97.7 cm³/mol. The molecule has 3 amide bonds. The van der Waals surface area contributed by atoms with Crippen molar-refractivity contribution in [1.29, 1.82) is 0 Å². The minimum Gasteiger partial charge on any atom is -0.352 e. The van der Waals surface area contributed by atoms with Gasteiger partial charge in [-0.3, -0.25) is 4.79 Å². The Labute approximate surface area is 150 Å². The van der Waals surface area contributed by atoms with Crippen LogP contribution in [0.2, 0.25) is 0 Å². The Morgan fingerprint density at radius 3 is 2.64 bits per heavy atom. The molecule has 2 fully saturated rings. The molecule has 2 N–H and O–H groups in total. The van der Waals surface area contributed by atoms with E-state index in [2.05, 4.69) is 21.4 Å². The number of carbonyl (C=O) groups excluding carboxylic acids is 2. The number of carbonyl (C=O) groups is 2. The third-order valence-electron chi connectivity index (χ3n) is 5.07. The predicted octanol–water partition coefficient (Wildman–Crippen LogP) is 1.49. The first-order valence-corrected chi connectivity index (χ1v) is 9.37. The number of urea groups is 1. The van der Waals surface area contributed by atoms with Gasteiger partial charge in [0.2, 0.25) is 5.91 Å². The lowest BCUT2D eigenvalue weighted by atomic mass is 10.1. The summed E-state index contributed by atoms with van der Waals surface area (Å²) >= 11 is 1.51. The second-order valence-corrected chi connectivity index (χ2v) is 7.31. The standard InChI is InChI=1S/C17H21N5O2S/c18-17(24)22-7-3-5-13(22)16(23)21-10-8-20(9-11-21)15-12-4-1-2-6-14(12)25-19-15/h1-2,4,6,13H,3,5,7-11H2,(H2,18,24)/t13-/m0/s1. The number of fused-ring (bicyclic) bond motifs is 1. The van der Waals surface area contributed by atoms with Crippen LogP contribution >= 0.6 is 11.5 Å². The van der Waals surface area contributed by atoms with E-state index in [0.29, 0.717) is 26.1 Å². The van der Waals surface area contributed by atoms with Gasteiger partial charge in [0.25, 0.3) is 0 Å². The zero-order chi connectivity index (χ0) is 17.4. The number of hydrogen-bond donors (Lipinski definition) is 1. The fourth-order valence-electron chi connectivity index (χ4n) is 3.74. The first kappa shape index (κ1) is 16.1. The molecule has 1 aromatic carbocycles. The number of primary amides is 1. The van der Waals surface area contributed by atoms with Crippen molar-refractivity contribution in [1.82, 2.24) is 14.2 Å². The highest BCUT2D eigenvalue weighted by molar-refractivity contribution is 7.13. The number of likely N-dealkylation sites (tertiary alicyclic amines) is 1. The number of hydrogen-bond acceptors (Lipinski definition) is 5. The molecular formula is C17H21N5O2S. The maximum Gasteiger partial charge on any atom is 0.315 e. The summed E-state index contributed by atoms with van der Waals surface area (Å²) in [5, 5.41) is 1.17. The summed E-state index contributed by atoms with van der Waals surface area (Å²) in [6.07, 6.45) is 1.54. The minimum atomic E-state index is -0.497. The summed E-state index contributed by atoms with van der Waals surface area (Å²) < 4.78 is 5.78. The van der Waals surface area contributed by atoms with E-state index in [4.69, 9.17) is 5.73 Å². The average Bonchev–Trinajstić information content (AvgIpc) is 3.28. The molecular weight excluding hydrogens is 338 g/mol. The van der Waals surface area contributed by atoms with Gasteiger partial charge in [0, 0.05) is 38.1 Å². The largest absolute Gasteiger partial charge is 0.352 e. The smallest absolute Gasteiger partial charge is 0.315 e. The van der Waals surface area contributed by atoms with E-state index >= 15 is 0 Å². The maximum atomic E-state index is 12.8. The van der Waals surface area contributed by atoms with Gasteiger partial charge in [0.1, 0.15) is 11.9 Å². The molecule has 3 heterocycles. The quantitative estimate of drug-likeness (QED) is 0.881. The highest BCUT2D eigenvalue weighted by Gasteiger charge is 2.36. The number of piperazine rings is 1. The van der Waals surface area contributed by atoms with Crippen LogP contribution in [0.1, 0.15) is 12.8 Å². The zero-order valence-electron chi connectivity index (χ0n) is 13.9. The minimum absolute atomic E-state index is 0.0269. The Bertz CT molecular complexity index is 799. The Kier molecular flexibility index (Phi) is 4.20. The number of nitrogens with two attached hydrogens (primary N) is 1. The fourth-order valence-corrected chi connectivity index (χ4v) is 4.53. The van der Waals surface area contributed by atoms with Crippen LogP contribution in [0.25, 0.3) is 10.1 Å². The van der Waals surface area contributed by atoms with Crippen molar-refractivity contribution in [2.24, 2.45) is 5.73 Å². The SMILES string of the molecule is NC(=O)N1CCC[C@H]1C(=O)N1CCN(c2nsc3ccccc23)CC1. The molecule has 7 nitrogen and oxygen atoms in total. The van der Waals surface area contributed by atoms with Crippen molar-refractivity contribution in [3.8, 4) is 0 Å². The number of rotatable bonds is 2. The molecule has 4 rings (SSSR count). The monoisotopic (exact) mass is 359 g/mol. The van der Waals surface area contributed by atoms with Gasteiger partial charge in [-0.1, -0.05) is 12.1 Å². The first-order chi connectivity index (χ1) is 12.1. The van der Waals surface area contributed by atoms with Gasteiger partial charge in [-0.05, 0) is 36.5 Å². The lowest BCUT2D eigenvalue weighted by Gasteiger charge is -2.37. The molecule has 0 aliphatic carbocycles. The molecule has 1 atom stereocenters. The summed E-state index contributed by atoms with van der Waals surface area (Å²) in [5.41, 5.74) is 5.40. The van der Waals surface area contributed by atoms with Crippen LogP contribution in [0.15, 0.2) is 24.3 Å². The van der Waals surface area contributed by atoms with E-state index in [1.165, 1.54) is 26.5 Å². The highest BCUT2D eigenvalue weighted by atomic mass is 32.1. The van der Waals surface area contributed by atoms with E-state index in [1.54, 1.807) is 0 Å². The van der Waals surface area contributed by atoms with Crippen LogP contribution in [0.5, 0.6) is 0 Å². The molecule has 2 aliphatic heterocycles. The van der Waals surface area contributed by atoms with Gasteiger partial charge in [-0.15, -0.1) is 0 Å². The Balaban J connectivity index is 1.43. The molecule has 0 spiro atoms. The van der Waals surface area contributed by atoms with Crippen LogP contribution in [-0.4, -0.2) is 64.9 Å². The summed E-state index contributed by atoms with van der Waals surface area (Å²) in [5.74, 6) is 1.03. The van der Waals surface area contributed by atoms with Crippen molar-refractivity contribution in [2.45, 2.75) is 18.9 Å². The third-order valence-corrected chi connectivity index (χ3v) is 5.89. The molecule has 0 radical (unpaired) electrons. The normalized spacial score (nSPS) is 21.1. The van der Waals surface area contributed by atoms with Crippen LogP contribution in [-0.2, 0) is 4.79 Å². The van der Waals surface area contributed by atoms with E-state index in [9.17, 15) is 9.59 Å². The average molecular weight is 359 g/mol. The third kappa shape index (κ3) is 2.90. The number of benzene rings is 1. The van der Waals surface area contributed by atoms with Crippen molar-refractivity contribution in [2.75, 3.05) is 37.6 Å². The lowest BCUT2D eigenvalue weighted by Crippen LogP contribution is -2.55.